The van der Waals surface area contributed by atoms with Gasteiger partial charge in [-0.05, 0) is 36.6 Å². The largest absolute Gasteiger partial charge is 0.493 e. The predicted octanol–water partition coefficient (Wildman–Crippen LogP) is 2.16. The highest BCUT2D eigenvalue weighted by Gasteiger charge is 2.32. The first-order chi connectivity index (χ1) is 11.0. The summed E-state index contributed by atoms with van der Waals surface area (Å²) in [4.78, 5) is 4.28. The summed E-state index contributed by atoms with van der Waals surface area (Å²) < 4.78 is 38.1. The SMILES string of the molecule is COc1cc(C)c(S(=O)(=O)N2CCc3cnccc32)cc1OC. The minimum Gasteiger partial charge on any atom is -0.493 e. The summed E-state index contributed by atoms with van der Waals surface area (Å²) >= 11 is 0. The van der Waals surface area contributed by atoms with Gasteiger partial charge in [0.25, 0.3) is 10.0 Å². The lowest BCUT2D eigenvalue weighted by Crippen LogP contribution is -2.29. The van der Waals surface area contributed by atoms with Crippen molar-refractivity contribution in [2.45, 2.75) is 18.2 Å². The van der Waals surface area contributed by atoms with Gasteiger partial charge in [0.2, 0.25) is 0 Å². The van der Waals surface area contributed by atoms with Crippen LogP contribution < -0.4 is 13.8 Å². The highest BCUT2D eigenvalue weighted by atomic mass is 32.2. The Bertz CT molecular complexity index is 849. The van der Waals surface area contributed by atoms with E-state index in [1.807, 2.05) is 0 Å². The summed E-state index contributed by atoms with van der Waals surface area (Å²) in [6.45, 7) is 2.16. The second-order valence-electron chi connectivity index (χ2n) is 5.30. The van der Waals surface area contributed by atoms with Crippen molar-refractivity contribution in [1.29, 1.82) is 0 Å². The summed E-state index contributed by atoms with van der Waals surface area (Å²) in [7, 11) is -0.661. The zero-order chi connectivity index (χ0) is 16.6. The molecule has 122 valence electrons. The van der Waals surface area contributed by atoms with Crippen LogP contribution in [-0.2, 0) is 16.4 Å². The third kappa shape index (κ3) is 2.50. The highest BCUT2D eigenvalue weighted by molar-refractivity contribution is 7.93. The van der Waals surface area contributed by atoms with Crippen LogP contribution in [-0.4, -0.2) is 34.2 Å². The van der Waals surface area contributed by atoms with E-state index in [4.69, 9.17) is 9.47 Å². The van der Waals surface area contributed by atoms with Crippen molar-refractivity contribution < 1.29 is 17.9 Å². The second kappa shape index (κ2) is 5.73. The molecular formula is C16H18N2O4S. The van der Waals surface area contributed by atoms with Crippen molar-refractivity contribution >= 4 is 15.7 Å². The third-order valence-electron chi connectivity index (χ3n) is 3.98. The molecule has 3 rings (SSSR count). The molecule has 1 aliphatic rings. The van der Waals surface area contributed by atoms with E-state index < -0.39 is 10.0 Å². The van der Waals surface area contributed by atoms with Crippen molar-refractivity contribution in [3.05, 3.63) is 41.7 Å². The average Bonchev–Trinajstić information content (AvgIpc) is 2.99. The van der Waals surface area contributed by atoms with Gasteiger partial charge in [0.15, 0.2) is 11.5 Å². The van der Waals surface area contributed by atoms with Crippen LogP contribution in [0.5, 0.6) is 11.5 Å². The molecule has 1 aromatic carbocycles. The van der Waals surface area contributed by atoms with E-state index in [1.165, 1.54) is 24.6 Å². The average molecular weight is 334 g/mol. The molecule has 23 heavy (non-hydrogen) atoms. The molecule has 2 aromatic rings. The van der Waals surface area contributed by atoms with Gasteiger partial charge >= 0.3 is 0 Å². The molecule has 7 heteroatoms. The number of sulfonamides is 1. The van der Waals surface area contributed by atoms with Crippen LogP contribution in [0.25, 0.3) is 0 Å². The Labute approximate surface area is 135 Å². The molecule has 2 heterocycles. The quantitative estimate of drug-likeness (QED) is 0.857. The summed E-state index contributed by atoms with van der Waals surface area (Å²) in [5, 5.41) is 0. The van der Waals surface area contributed by atoms with E-state index in [1.54, 1.807) is 31.5 Å². The number of pyridine rings is 1. The minimum absolute atomic E-state index is 0.222. The molecule has 0 fully saturated rings. The minimum atomic E-state index is -3.67. The van der Waals surface area contributed by atoms with Crippen LogP contribution in [0.1, 0.15) is 11.1 Å². The Kier molecular flexibility index (Phi) is 3.89. The van der Waals surface area contributed by atoms with E-state index in [9.17, 15) is 8.42 Å². The van der Waals surface area contributed by atoms with Crippen LogP contribution in [0.15, 0.2) is 35.5 Å². The van der Waals surface area contributed by atoms with Gasteiger partial charge in [0, 0.05) is 25.0 Å². The van der Waals surface area contributed by atoms with Gasteiger partial charge < -0.3 is 9.47 Å². The molecule has 1 aromatic heterocycles. The Morgan fingerprint density at radius 2 is 1.87 bits per heavy atom. The monoisotopic (exact) mass is 334 g/mol. The third-order valence-corrected chi connectivity index (χ3v) is 5.94. The van der Waals surface area contributed by atoms with Crippen molar-refractivity contribution in [1.82, 2.24) is 4.98 Å². The van der Waals surface area contributed by atoms with E-state index in [-0.39, 0.29) is 4.90 Å². The molecular weight excluding hydrogens is 316 g/mol. The van der Waals surface area contributed by atoms with Crippen LogP contribution >= 0.6 is 0 Å². The number of fused-ring (bicyclic) bond motifs is 1. The number of rotatable bonds is 4. The second-order valence-corrected chi connectivity index (χ2v) is 7.13. The lowest BCUT2D eigenvalue weighted by Gasteiger charge is -2.21. The number of methoxy groups -OCH3 is 2. The predicted molar refractivity (Wildman–Crippen MR) is 86.8 cm³/mol. The number of benzene rings is 1. The fraction of sp³-hybridized carbons (Fsp3) is 0.312. The Balaban J connectivity index is 2.11. The topological polar surface area (TPSA) is 68.7 Å². The number of anilines is 1. The Morgan fingerprint density at radius 3 is 2.57 bits per heavy atom. The van der Waals surface area contributed by atoms with E-state index in [0.717, 1.165) is 5.56 Å². The van der Waals surface area contributed by atoms with Gasteiger partial charge in [-0.15, -0.1) is 0 Å². The summed E-state index contributed by atoms with van der Waals surface area (Å²) in [5.41, 5.74) is 2.24. The molecule has 0 saturated carbocycles. The molecule has 0 N–H and O–H groups in total. The first-order valence-electron chi connectivity index (χ1n) is 7.17. The lowest BCUT2D eigenvalue weighted by molar-refractivity contribution is 0.353. The molecule has 6 nitrogen and oxygen atoms in total. The fourth-order valence-electron chi connectivity index (χ4n) is 2.81. The Morgan fingerprint density at radius 1 is 1.17 bits per heavy atom. The zero-order valence-electron chi connectivity index (χ0n) is 13.2. The van der Waals surface area contributed by atoms with Gasteiger partial charge in [-0.25, -0.2) is 8.42 Å². The maximum Gasteiger partial charge on any atom is 0.264 e. The van der Waals surface area contributed by atoms with Crippen molar-refractivity contribution in [3.8, 4) is 11.5 Å². The molecule has 0 atom stereocenters. The van der Waals surface area contributed by atoms with Crippen LogP contribution in [0.2, 0.25) is 0 Å². The highest BCUT2D eigenvalue weighted by Crippen LogP contribution is 2.37. The van der Waals surface area contributed by atoms with Gasteiger partial charge in [-0.1, -0.05) is 0 Å². The smallest absolute Gasteiger partial charge is 0.264 e. The molecule has 1 aliphatic heterocycles. The molecule has 0 saturated heterocycles. The van der Waals surface area contributed by atoms with Gasteiger partial charge in [0.1, 0.15) is 0 Å². The van der Waals surface area contributed by atoms with Gasteiger partial charge in [-0.3, -0.25) is 9.29 Å². The van der Waals surface area contributed by atoms with Crippen molar-refractivity contribution in [2.75, 3.05) is 25.1 Å². The summed E-state index contributed by atoms with van der Waals surface area (Å²) in [5.74, 6) is 0.904. The maximum absolute atomic E-state index is 13.1. The van der Waals surface area contributed by atoms with E-state index in [2.05, 4.69) is 4.98 Å². The van der Waals surface area contributed by atoms with Gasteiger partial charge in [0.05, 0.1) is 24.8 Å². The lowest BCUT2D eigenvalue weighted by atomic mass is 10.2. The number of aromatic nitrogens is 1. The van der Waals surface area contributed by atoms with Crippen molar-refractivity contribution in [3.63, 3.8) is 0 Å². The summed E-state index contributed by atoms with van der Waals surface area (Å²) in [6.07, 6.45) is 3.98. The van der Waals surface area contributed by atoms with E-state index in [0.29, 0.717) is 35.7 Å². The number of ether oxygens (including phenoxy) is 2. The summed E-state index contributed by atoms with van der Waals surface area (Å²) in [6, 6.07) is 4.92. The Hall–Kier alpha value is -2.28. The van der Waals surface area contributed by atoms with Gasteiger partial charge in [-0.2, -0.15) is 0 Å². The number of hydrogen-bond acceptors (Lipinski definition) is 5. The standard InChI is InChI=1S/C16H18N2O4S/c1-11-8-14(21-2)15(22-3)9-16(11)23(19,20)18-7-5-12-10-17-6-4-13(12)18/h4,6,8-10H,5,7H2,1-3H3. The zero-order valence-corrected chi connectivity index (χ0v) is 14.1. The molecule has 0 amide bonds. The molecule has 0 spiro atoms. The van der Waals surface area contributed by atoms with Crippen LogP contribution in [0, 0.1) is 6.92 Å². The molecule has 0 bridgehead atoms. The first kappa shape index (κ1) is 15.6. The number of aryl methyl sites for hydroxylation is 1. The number of nitrogens with zero attached hydrogens (tertiary/aromatic N) is 2. The fourth-order valence-corrected chi connectivity index (χ4v) is 4.53. The molecule has 0 radical (unpaired) electrons. The van der Waals surface area contributed by atoms with Crippen molar-refractivity contribution in [2.24, 2.45) is 0 Å². The number of hydrogen-bond donors (Lipinski definition) is 0. The van der Waals surface area contributed by atoms with Crippen LogP contribution in [0.3, 0.4) is 0 Å². The maximum atomic E-state index is 13.1. The van der Waals surface area contributed by atoms with Crippen LogP contribution in [0.4, 0.5) is 5.69 Å². The molecule has 0 unspecified atom stereocenters. The first-order valence-corrected chi connectivity index (χ1v) is 8.61. The molecule has 0 aliphatic carbocycles. The van der Waals surface area contributed by atoms with E-state index >= 15 is 0 Å². The normalized spacial score (nSPS) is 13.8.